The number of para-hydroxylation sites is 3. The molecule has 0 radical (unpaired) electrons. The molecular weight excluding hydrogens is 657 g/mol. The molecule has 0 N–H and O–H groups in total. The van der Waals surface area contributed by atoms with Gasteiger partial charge < -0.3 is 4.40 Å². The van der Waals surface area contributed by atoms with Gasteiger partial charge in [-0.3, -0.25) is 4.57 Å². The van der Waals surface area contributed by atoms with Gasteiger partial charge >= 0.3 is 0 Å². The van der Waals surface area contributed by atoms with Crippen molar-refractivity contribution in [1.82, 2.24) is 18.9 Å². The van der Waals surface area contributed by atoms with Crippen LogP contribution in [0, 0.1) is 0 Å². The largest absolute Gasteiger partial charge is 0.308 e. The third-order valence-corrected chi connectivity index (χ3v) is 11.3. The van der Waals surface area contributed by atoms with Crippen LogP contribution < -0.4 is 0 Å². The first-order chi connectivity index (χ1) is 26.8. The summed E-state index contributed by atoms with van der Waals surface area (Å²) in [6.07, 6.45) is 0. The number of benzene rings is 8. The first-order valence-corrected chi connectivity index (χ1v) is 18.4. The van der Waals surface area contributed by atoms with E-state index in [1.54, 1.807) is 0 Å². The predicted octanol–water partition coefficient (Wildman–Crippen LogP) is 12.9. The number of fused-ring (bicyclic) bond motifs is 11. The summed E-state index contributed by atoms with van der Waals surface area (Å²) in [6.45, 7) is 0. The lowest BCUT2D eigenvalue weighted by atomic mass is 9.99. The lowest BCUT2D eigenvalue weighted by molar-refractivity contribution is 1.02. The van der Waals surface area contributed by atoms with Crippen LogP contribution in [0.4, 0.5) is 0 Å². The molecule has 0 aliphatic rings. The van der Waals surface area contributed by atoms with Crippen molar-refractivity contribution >= 4 is 70.8 Å². The van der Waals surface area contributed by atoms with E-state index in [2.05, 4.69) is 191 Å². The molecule has 8 aromatic carbocycles. The van der Waals surface area contributed by atoms with E-state index >= 15 is 0 Å². The molecule has 4 nitrogen and oxygen atoms in total. The highest BCUT2D eigenvalue weighted by Gasteiger charge is 2.25. The second kappa shape index (κ2) is 11.1. The Kier molecular flexibility index (Phi) is 6.02. The van der Waals surface area contributed by atoms with Crippen LogP contribution in [0.25, 0.3) is 110 Å². The third-order valence-electron chi connectivity index (χ3n) is 11.3. The average molecular weight is 687 g/mol. The zero-order chi connectivity index (χ0) is 35.3. The van der Waals surface area contributed by atoms with Crippen molar-refractivity contribution < 1.29 is 0 Å². The molecule has 4 aromatic heterocycles. The highest BCUT2D eigenvalue weighted by Crippen LogP contribution is 2.47. The van der Waals surface area contributed by atoms with Gasteiger partial charge in [0.05, 0.1) is 38.8 Å². The van der Waals surface area contributed by atoms with Gasteiger partial charge in [0.2, 0.25) is 5.95 Å². The van der Waals surface area contributed by atoms with E-state index in [-0.39, 0.29) is 0 Å². The minimum atomic E-state index is 0.669. The smallest absolute Gasteiger partial charge is 0.235 e. The Morgan fingerprint density at radius 2 is 0.889 bits per heavy atom. The van der Waals surface area contributed by atoms with E-state index in [4.69, 9.17) is 9.97 Å². The van der Waals surface area contributed by atoms with E-state index < -0.39 is 0 Å². The predicted molar refractivity (Wildman–Crippen MR) is 225 cm³/mol. The molecule has 54 heavy (non-hydrogen) atoms. The normalized spacial score (nSPS) is 12.1. The van der Waals surface area contributed by atoms with Crippen LogP contribution in [0.1, 0.15) is 0 Å². The second-order valence-corrected chi connectivity index (χ2v) is 14.2. The zero-order valence-corrected chi connectivity index (χ0v) is 29.1. The number of aromatic nitrogens is 4. The molecule has 0 saturated carbocycles. The summed E-state index contributed by atoms with van der Waals surface area (Å²) in [6, 6.07) is 65.2. The fraction of sp³-hybridized carbons (Fsp3) is 0. The Morgan fingerprint density at radius 1 is 0.333 bits per heavy atom. The second-order valence-electron chi connectivity index (χ2n) is 14.2. The fourth-order valence-electron chi connectivity index (χ4n) is 8.86. The van der Waals surface area contributed by atoms with Gasteiger partial charge in [0.25, 0.3) is 0 Å². The Hall–Kier alpha value is -7.30. The number of rotatable bonds is 4. The SMILES string of the molecule is c1ccc(-c2ccc(-c3ccc4c5cc6c7ccccc7n(-c7nc(-c8ccccc8)c8ccccc8n7)c6c6c7ccccc7n(c4c3)c56)cc2)cc1. The van der Waals surface area contributed by atoms with Crippen LogP contribution in [0.2, 0.25) is 0 Å². The van der Waals surface area contributed by atoms with E-state index in [0.29, 0.717) is 5.95 Å². The Morgan fingerprint density at radius 3 is 1.67 bits per heavy atom. The maximum absolute atomic E-state index is 5.40. The van der Waals surface area contributed by atoms with E-state index in [1.807, 2.05) is 0 Å². The molecule has 250 valence electrons. The average Bonchev–Trinajstić information content (AvgIpc) is 3.88. The van der Waals surface area contributed by atoms with Crippen LogP contribution in [0.5, 0.6) is 0 Å². The molecule has 0 amide bonds. The molecule has 4 heteroatoms. The molecule has 0 atom stereocenters. The summed E-state index contributed by atoms with van der Waals surface area (Å²) >= 11 is 0. The molecular formula is C50H30N4. The van der Waals surface area contributed by atoms with Crippen molar-refractivity contribution in [3.8, 4) is 39.5 Å². The summed E-state index contributed by atoms with van der Waals surface area (Å²) in [7, 11) is 0. The molecule has 0 aliphatic carbocycles. The number of nitrogens with zero attached hydrogens (tertiary/aromatic N) is 4. The molecule has 4 heterocycles. The van der Waals surface area contributed by atoms with Gasteiger partial charge in [-0.05, 0) is 52.6 Å². The summed E-state index contributed by atoms with van der Waals surface area (Å²) in [5.74, 6) is 0.669. The molecule has 0 aliphatic heterocycles. The minimum absolute atomic E-state index is 0.669. The fourth-order valence-corrected chi connectivity index (χ4v) is 8.86. The van der Waals surface area contributed by atoms with Crippen LogP contribution in [-0.4, -0.2) is 18.9 Å². The van der Waals surface area contributed by atoms with E-state index in [0.717, 1.165) is 33.2 Å². The molecule has 12 rings (SSSR count). The molecule has 0 unspecified atom stereocenters. The topological polar surface area (TPSA) is 35.1 Å². The van der Waals surface area contributed by atoms with Crippen molar-refractivity contribution in [2.75, 3.05) is 0 Å². The van der Waals surface area contributed by atoms with Crippen LogP contribution in [-0.2, 0) is 0 Å². The Balaban J connectivity index is 1.17. The Labute approximate surface area is 310 Å². The van der Waals surface area contributed by atoms with E-state index in [9.17, 15) is 0 Å². The van der Waals surface area contributed by atoms with Gasteiger partial charge in [-0.25, -0.2) is 9.97 Å². The monoisotopic (exact) mass is 686 g/mol. The summed E-state index contributed by atoms with van der Waals surface area (Å²) < 4.78 is 4.79. The Bertz CT molecular complexity index is 3410. The highest BCUT2D eigenvalue weighted by molar-refractivity contribution is 6.34. The minimum Gasteiger partial charge on any atom is -0.308 e. The van der Waals surface area contributed by atoms with E-state index in [1.165, 1.54) is 71.1 Å². The number of hydrogen-bond acceptors (Lipinski definition) is 2. The van der Waals surface area contributed by atoms with Crippen molar-refractivity contribution in [2.45, 2.75) is 0 Å². The quantitative estimate of drug-likeness (QED) is 0.185. The summed E-state index contributed by atoms with van der Waals surface area (Å²) in [5.41, 5.74) is 13.6. The van der Waals surface area contributed by atoms with Crippen molar-refractivity contribution in [1.29, 1.82) is 0 Å². The standard InChI is InChI=1S/C50H30N4/c1-3-13-31(14-4-1)32-23-25-33(26-24-32)35-27-28-37-41-30-40-36-17-8-11-21-43(36)54(49(40)46-39-19-9-12-22-44(39)53(48(41)46)45(37)29-35)50-51-42-20-10-7-18-38(42)47(52-50)34-15-5-2-6-16-34/h1-30H. The molecule has 12 aromatic rings. The van der Waals surface area contributed by atoms with Gasteiger partial charge in [-0.15, -0.1) is 0 Å². The number of hydrogen-bond donors (Lipinski definition) is 0. The lowest BCUT2D eigenvalue weighted by Gasteiger charge is -2.12. The molecule has 0 spiro atoms. The van der Waals surface area contributed by atoms with Crippen LogP contribution in [0.3, 0.4) is 0 Å². The van der Waals surface area contributed by atoms with Gasteiger partial charge in [-0.1, -0.05) is 152 Å². The maximum atomic E-state index is 5.40. The third kappa shape index (κ3) is 4.08. The maximum Gasteiger partial charge on any atom is 0.235 e. The molecule has 0 bridgehead atoms. The summed E-state index contributed by atoms with van der Waals surface area (Å²) in [4.78, 5) is 10.7. The van der Waals surface area contributed by atoms with Gasteiger partial charge in [0.15, 0.2) is 0 Å². The molecule has 0 saturated heterocycles. The van der Waals surface area contributed by atoms with Crippen LogP contribution in [0.15, 0.2) is 182 Å². The van der Waals surface area contributed by atoms with Crippen molar-refractivity contribution in [2.24, 2.45) is 0 Å². The van der Waals surface area contributed by atoms with Gasteiger partial charge in [0.1, 0.15) is 0 Å². The lowest BCUT2D eigenvalue weighted by Crippen LogP contribution is -2.03. The van der Waals surface area contributed by atoms with Gasteiger partial charge in [-0.2, -0.15) is 0 Å². The van der Waals surface area contributed by atoms with Crippen LogP contribution >= 0.6 is 0 Å². The first kappa shape index (κ1) is 29.3. The van der Waals surface area contributed by atoms with Crippen molar-refractivity contribution in [3.63, 3.8) is 0 Å². The molecule has 0 fully saturated rings. The first-order valence-electron chi connectivity index (χ1n) is 18.4. The van der Waals surface area contributed by atoms with Gasteiger partial charge in [0, 0.05) is 43.3 Å². The zero-order valence-electron chi connectivity index (χ0n) is 29.1. The summed E-state index contributed by atoms with van der Waals surface area (Å²) in [5, 5.41) is 8.36. The van der Waals surface area contributed by atoms with Crippen molar-refractivity contribution in [3.05, 3.63) is 182 Å². The highest BCUT2D eigenvalue weighted by atomic mass is 15.2.